The van der Waals surface area contributed by atoms with Crippen LogP contribution in [0.25, 0.3) is 0 Å². The van der Waals surface area contributed by atoms with E-state index in [0.29, 0.717) is 16.4 Å². The number of nitrogens with two attached hydrogens (primary N) is 1. The lowest BCUT2D eigenvalue weighted by atomic mass is 10.0. The van der Waals surface area contributed by atoms with Crippen LogP contribution in [0.5, 0.6) is 0 Å². The molecule has 0 aromatic carbocycles. The lowest BCUT2D eigenvalue weighted by Crippen LogP contribution is -2.21. The molecule has 1 aromatic heterocycles. The molecule has 1 atom stereocenters. The predicted octanol–water partition coefficient (Wildman–Crippen LogP) is 2.45. The molecule has 0 aliphatic heterocycles. The van der Waals surface area contributed by atoms with Gasteiger partial charge >= 0.3 is 0 Å². The summed E-state index contributed by atoms with van der Waals surface area (Å²) in [6.07, 6.45) is 2.86. The minimum atomic E-state index is 0.324. The number of anilines is 1. The number of nitrogens with zero attached hydrogens (tertiary/aromatic N) is 2. The highest BCUT2D eigenvalue weighted by Gasteiger charge is 2.46. The number of rotatable bonds is 5. The zero-order chi connectivity index (χ0) is 14.2. The summed E-state index contributed by atoms with van der Waals surface area (Å²) in [5.41, 5.74) is 9.23. The van der Waals surface area contributed by atoms with E-state index in [1.165, 1.54) is 0 Å². The van der Waals surface area contributed by atoms with Gasteiger partial charge in [-0.25, -0.2) is 0 Å². The SMILES string of the molecule is CCc1nnc(NC2CC2(C)C)c(C(N)=S)c1CC. The van der Waals surface area contributed by atoms with Gasteiger partial charge in [0.05, 0.1) is 11.3 Å². The summed E-state index contributed by atoms with van der Waals surface area (Å²) in [6.45, 7) is 8.64. The lowest BCUT2D eigenvalue weighted by Gasteiger charge is -2.16. The van der Waals surface area contributed by atoms with Gasteiger partial charge < -0.3 is 11.1 Å². The minimum Gasteiger partial charge on any atom is -0.389 e. The van der Waals surface area contributed by atoms with Gasteiger partial charge in [0.15, 0.2) is 5.82 Å². The van der Waals surface area contributed by atoms with Crippen LogP contribution in [-0.2, 0) is 12.8 Å². The van der Waals surface area contributed by atoms with Crippen molar-refractivity contribution in [3.8, 4) is 0 Å². The zero-order valence-electron chi connectivity index (χ0n) is 12.1. The van der Waals surface area contributed by atoms with Crippen molar-refractivity contribution >= 4 is 23.0 Å². The number of aryl methyl sites for hydroxylation is 1. The largest absolute Gasteiger partial charge is 0.389 e. The summed E-state index contributed by atoms with van der Waals surface area (Å²) < 4.78 is 0. The molecular formula is C14H22N4S. The minimum absolute atomic E-state index is 0.324. The summed E-state index contributed by atoms with van der Waals surface area (Å²) in [7, 11) is 0. The lowest BCUT2D eigenvalue weighted by molar-refractivity contribution is 0.629. The Morgan fingerprint density at radius 2 is 2.00 bits per heavy atom. The van der Waals surface area contributed by atoms with Crippen molar-refractivity contribution in [1.82, 2.24) is 10.2 Å². The van der Waals surface area contributed by atoms with E-state index in [-0.39, 0.29) is 0 Å². The molecular weight excluding hydrogens is 256 g/mol. The van der Waals surface area contributed by atoms with Crippen LogP contribution in [0.4, 0.5) is 5.82 Å². The molecule has 0 bridgehead atoms. The maximum atomic E-state index is 5.90. The van der Waals surface area contributed by atoms with Gasteiger partial charge in [0, 0.05) is 6.04 Å². The van der Waals surface area contributed by atoms with E-state index >= 15 is 0 Å². The first-order chi connectivity index (χ1) is 8.90. The Morgan fingerprint density at radius 1 is 1.37 bits per heavy atom. The maximum Gasteiger partial charge on any atom is 0.159 e. The Kier molecular flexibility index (Phi) is 3.76. The molecule has 104 valence electrons. The van der Waals surface area contributed by atoms with E-state index < -0.39 is 0 Å². The zero-order valence-corrected chi connectivity index (χ0v) is 12.9. The molecule has 0 radical (unpaired) electrons. The van der Waals surface area contributed by atoms with E-state index in [9.17, 15) is 0 Å². The third-order valence-electron chi connectivity index (χ3n) is 3.92. The molecule has 0 amide bonds. The van der Waals surface area contributed by atoms with Crippen molar-refractivity contribution < 1.29 is 0 Å². The van der Waals surface area contributed by atoms with Crippen LogP contribution >= 0.6 is 12.2 Å². The van der Waals surface area contributed by atoms with Crippen molar-refractivity contribution in [2.45, 2.75) is 53.0 Å². The summed E-state index contributed by atoms with van der Waals surface area (Å²) in [6, 6.07) is 0.437. The summed E-state index contributed by atoms with van der Waals surface area (Å²) >= 11 is 5.21. The molecule has 1 aromatic rings. The first kappa shape index (κ1) is 14.2. The smallest absolute Gasteiger partial charge is 0.159 e. The Morgan fingerprint density at radius 3 is 2.42 bits per heavy atom. The Labute approximate surface area is 120 Å². The standard InChI is InChI=1S/C14H22N4S/c1-5-8-9(6-2)17-18-13(11(8)12(15)19)16-10-7-14(10,3)4/h10H,5-7H2,1-4H3,(H2,15,19)(H,16,18). The van der Waals surface area contributed by atoms with Crippen molar-refractivity contribution in [3.05, 3.63) is 16.8 Å². The summed E-state index contributed by atoms with van der Waals surface area (Å²) in [5, 5.41) is 12.0. The topological polar surface area (TPSA) is 63.8 Å². The number of hydrogen-bond acceptors (Lipinski definition) is 4. The maximum absolute atomic E-state index is 5.90. The molecule has 1 heterocycles. The van der Waals surface area contributed by atoms with Gasteiger partial charge in [-0.05, 0) is 30.2 Å². The highest BCUT2D eigenvalue weighted by Crippen LogP contribution is 2.46. The van der Waals surface area contributed by atoms with Gasteiger partial charge in [-0.3, -0.25) is 0 Å². The van der Waals surface area contributed by atoms with Crippen LogP contribution in [0.2, 0.25) is 0 Å². The fourth-order valence-electron chi connectivity index (χ4n) is 2.42. The van der Waals surface area contributed by atoms with Crippen LogP contribution in [0, 0.1) is 5.41 Å². The molecule has 5 heteroatoms. The van der Waals surface area contributed by atoms with Gasteiger partial charge in [-0.1, -0.05) is 39.9 Å². The van der Waals surface area contributed by atoms with Crippen molar-refractivity contribution in [2.24, 2.45) is 11.1 Å². The third kappa shape index (κ3) is 2.71. The van der Waals surface area contributed by atoms with E-state index in [1.807, 2.05) is 0 Å². The average molecular weight is 278 g/mol. The normalized spacial score (nSPS) is 20.1. The van der Waals surface area contributed by atoms with Crippen molar-refractivity contribution in [3.63, 3.8) is 0 Å². The third-order valence-corrected chi connectivity index (χ3v) is 4.12. The first-order valence-electron chi connectivity index (χ1n) is 6.85. The van der Waals surface area contributed by atoms with Gasteiger partial charge in [0.25, 0.3) is 0 Å². The second kappa shape index (κ2) is 5.04. The van der Waals surface area contributed by atoms with Gasteiger partial charge in [-0.15, -0.1) is 5.10 Å². The van der Waals surface area contributed by atoms with Gasteiger partial charge in [0.2, 0.25) is 0 Å². The van der Waals surface area contributed by atoms with Crippen molar-refractivity contribution in [1.29, 1.82) is 0 Å². The molecule has 1 fully saturated rings. The summed E-state index contributed by atoms with van der Waals surface area (Å²) in [5.74, 6) is 0.747. The Balaban J connectivity index is 2.40. The van der Waals surface area contributed by atoms with E-state index in [1.54, 1.807) is 0 Å². The molecule has 4 nitrogen and oxygen atoms in total. The van der Waals surface area contributed by atoms with E-state index in [4.69, 9.17) is 18.0 Å². The van der Waals surface area contributed by atoms with Crippen LogP contribution in [0.15, 0.2) is 0 Å². The fourth-order valence-corrected chi connectivity index (χ4v) is 2.64. The second-order valence-corrected chi connectivity index (χ2v) is 6.25. The highest BCUT2D eigenvalue weighted by atomic mass is 32.1. The van der Waals surface area contributed by atoms with Gasteiger partial charge in [-0.2, -0.15) is 5.10 Å². The molecule has 1 unspecified atom stereocenters. The number of hydrogen-bond donors (Lipinski definition) is 2. The fraction of sp³-hybridized carbons (Fsp3) is 0.643. The first-order valence-corrected chi connectivity index (χ1v) is 7.26. The van der Waals surface area contributed by atoms with Crippen LogP contribution in [-0.4, -0.2) is 21.2 Å². The molecule has 19 heavy (non-hydrogen) atoms. The molecule has 2 rings (SSSR count). The number of thiocarbonyl (C=S) groups is 1. The second-order valence-electron chi connectivity index (χ2n) is 5.81. The van der Waals surface area contributed by atoms with E-state index in [0.717, 1.165) is 41.9 Å². The van der Waals surface area contributed by atoms with Crippen LogP contribution in [0.3, 0.4) is 0 Å². The average Bonchev–Trinajstić information content (AvgIpc) is 2.95. The molecule has 3 N–H and O–H groups in total. The van der Waals surface area contributed by atoms with Gasteiger partial charge in [0.1, 0.15) is 4.99 Å². The molecule has 0 spiro atoms. The molecule has 1 aliphatic carbocycles. The molecule has 1 saturated carbocycles. The Bertz CT molecular complexity index is 510. The van der Waals surface area contributed by atoms with Crippen LogP contribution < -0.4 is 11.1 Å². The molecule has 1 aliphatic rings. The number of nitrogens with one attached hydrogen (secondary N) is 1. The molecule has 0 saturated heterocycles. The number of aromatic nitrogens is 2. The van der Waals surface area contributed by atoms with Crippen LogP contribution in [0.1, 0.15) is 50.9 Å². The highest BCUT2D eigenvalue weighted by molar-refractivity contribution is 7.80. The quantitative estimate of drug-likeness (QED) is 0.810. The monoisotopic (exact) mass is 278 g/mol. The summed E-state index contributed by atoms with van der Waals surface area (Å²) in [4.78, 5) is 0.405. The van der Waals surface area contributed by atoms with E-state index in [2.05, 4.69) is 43.2 Å². The Hall–Kier alpha value is -1.23. The predicted molar refractivity (Wildman–Crippen MR) is 82.5 cm³/mol. The van der Waals surface area contributed by atoms with Crippen molar-refractivity contribution in [2.75, 3.05) is 5.32 Å².